The van der Waals surface area contributed by atoms with E-state index in [1.54, 1.807) is 6.21 Å². The van der Waals surface area contributed by atoms with Gasteiger partial charge in [-0.25, -0.2) is 0 Å². The van der Waals surface area contributed by atoms with Gasteiger partial charge in [0.05, 0.1) is 16.4 Å². The average molecular weight is 418 g/mol. The van der Waals surface area contributed by atoms with Crippen LogP contribution < -0.4 is 0 Å². The summed E-state index contributed by atoms with van der Waals surface area (Å²) < 4.78 is 7.28. The first-order chi connectivity index (χ1) is 8.56. The lowest BCUT2D eigenvalue weighted by atomic mass is 10.0. The van der Waals surface area contributed by atoms with Crippen molar-refractivity contribution >= 4 is 50.4 Å². The summed E-state index contributed by atoms with van der Waals surface area (Å²) in [7, 11) is 0. The minimum Gasteiger partial charge on any atom is -0.448 e. The molecule has 0 bridgehead atoms. The molecule has 1 heterocycles. The molecule has 0 N–H and O–H groups in total. The maximum atomic E-state index is 5.49. The Balaban J connectivity index is 2.13. The summed E-state index contributed by atoms with van der Waals surface area (Å²) in [5, 5.41) is 0. The van der Waals surface area contributed by atoms with E-state index in [1.807, 2.05) is 18.2 Å². The molecule has 18 heavy (non-hydrogen) atoms. The second-order valence-corrected chi connectivity index (χ2v) is 6.11. The van der Waals surface area contributed by atoms with Gasteiger partial charge in [-0.2, -0.15) is 0 Å². The minimum atomic E-state index is 0.547. The normalized spacial score (nSPS) is 11.6. The highest BCUT2D eigenvalue weighted by atomic mass is 127. The monoisotopic (exact) mass is 417 g/mol. The topological polar surface area (TPSA) is 25.5 Å². The van der Waals surface area contributed by atoms with Gasteiger partial charge < -0.3 is 4.42 Å². The third-order valence-corrected chi connectivity index (χ3v) is 4.70. The molecule has 0 saturated heterocycles. The van der Waals surface area contributed by atoms with E-state index in [9.17, 15) is 0 Å². The van der Waals surface area contributed by atoms with Crippen LogP contribution in [0.2, 0.25) is 0 Å². The van der Waals surface area contributed by atoms with Gasteiger partial charge in [0.1, 0.15) is 5.76 Å². The molecule has 0 spiro atoms. The number of benzene rings is 1. The zero-order valence-electron chi connectivity index (χ0n) is 10.2. The van der Waals surface area contributed by atoms with Crippen molar-refractivity contribution in [2.45, 2.75) is 19.8 Å². The Labute approximate surface area is 129 Å². The Hall–Kier alpha value is -0.620. The molecular weight excluding hydrogens is 405 g/mol. The van der Waals surface area contributed by atoms with E-state index in [2.05, 4.69) is 69.5 Å². The minimum absolute atomic E-state index is 0.547. The smallest absolute Gasteiger partial charge is 0.178 e. The molecular formula is C14H13BrINO. The Morgan fingerprint density at radius 3 is 2.44 bits per heavy atom. The quantitative estimate of drug-likeness (QED) is 0.476. The molecule has 4 heteroatoms. The Kier molecular flexibility index (Phi) is 4.61. The lowest BCUT2D eigenvalue weighted by molar-refractivity contribution is 0.530. The van der Waals surface area contributed by atoms with Crippen molar-refractivity contribution in [2.75, 3.05) is 0 Å². The van der Waals surface area contributed by atoms with Crippen molar-refractivity contribution in [3.05, 3.63) is 49.9 Å². The fourth-order valence-corrected chi connectivity index (χ4v) is 2.23. The molecule has 0 aliphatic carbocycles. The Morgan fingerprint density at radius 1 is 1.28 bits per heavy atom. The van der Waals surface area contributed by atoms with Crippen molar-refractivity contribution in [3.63, 3.8) is 0 Å². The van der Waals surface area contributed by atoms with E-state index in [0.29, 0.717) is 5.92 Å². The lowest BCUT2D eigenvalue weighted by Crippen LogP contribution is -1.84. The molecule has 0 aliphatic heterocycles. The van der Waals surface area contributed by atoms with Gasteiger partial charge in [0.15, 0.2) is 3.77 Å². The Bertz CT molecular complexity index is 538. The number of hydrogen-bond acceptors (Lipinski definition) is 2. The summed E-state index contributed by atoms with van der Waals surface area (Å²) in [6.45, 7) is 4.36. The van der Waals surface area contributed by atoms with Crippen LogP contribution in [-0.4, -0.2) is 6.21 Å². The number of nitrogens with zero attached hydrogens (tertiary/aromatic N) is 1. The van der Waals surface area contributed by atoms with Gasteiger partial charge in [0.25, 0.3) is 0 Å². The van der Waals surface area contributed by atoms with Crippen LogP contribution in [-0.2, 0) is 0 Å². The molecule has 0 radical (unpaired) electrons. The maximum Gasteiger partial charge on any atom is 0.178 e. The van der Waals surface area contributed by atoms with Crippen LogP contribution >= 0.6 is 38.5 Å². The van der Waals surface area contributed by atoms with Crippen LogP contribution in [0.5, 0.6) is 0 Å². The molecule has 2 aromatic rings. The molecule has 0 amide bonds. The van der Waals surface area contributed by atoms with E-state index in [1.165, 1.54) is 5.56 Å². The first kappa shape index (κ1) is 13.8. The second-order valence-electron chi connectivity index (χ2n) is 4.27. The predicted octanol–water partition coefficient (Wildman–Crippen LogP) is 5.52. The zero-order valence-corrected chi connectivity index (χ0v) is 13.9. The van der Waals surface area contributed by atoms with Crippen LogP contribution in [0.15, 0.2) is 44.2 Å². The summed E-state index contributed by atoms with van der Waals surface area (Å²) in [5.74, 6) is 1.30. The van der Waals surface area contributed by atoms with E-state index in [0.717, 1.165) is 19.7 Å². The van der Waals surface area contributed by atoms with Crippen molar-refractivity contribution in [2.24, 2.45) is 4.99 Å². The highest BCUT2D eigenvalue weighted by Crippen LogP contribution is 2.23. The van der Waals surface area contributed by atoms with E-state index >= 15 is 0 Å². The largest absolute Gasteiger partial charge is 0.448 e. The highest BCUT2D eigenvalue weighted by Gasteiger charge is 2.03. The fourth-order valence-electron chi connectivity index (χ4n) is 1.51. The van der Waals surface area contributed by atoms with Gasteiger partial charge in [-0.3, -0.25) is 4.99 Å². The molecule has 0 fully saturated rings. The van der Waals surface area contributed by atoms with E-state index in [4.69, 9.17) is 4.42 Å². The first-order valence-corrected chi connectivity index (χ1v) is 7.52. The predicted molar refractivity (Wildman–Crippen MR) is 86.9 cm³/mol. The number of furan rings is 1. The fraction of sp³-hybridized carbons (Fsp3) is 0.214. The molecule has 1 aromatic carbocycles. The summed E-state index contributed by atoms with van der Waals surface area (Å²) >= 11 is 5.54. The van der Waals surface area contributed by atoms with Crippen molar-refractivity contribution < 1.29 is 4.42 Å². The van der Waals surface area contributed by atoms with Gasteiger partial charge in [-0.1, -0.05) is 26.0 Å². The van der Waals surface area contributed by atoms with Gasteiger partial charge >= 0.3 is 0 Å². The maximum absolute atomic E-state index is 5.49. The molecule has 0 unspecified atom stereocenters. The number of hydrogen-bond donors (Lipinski definition) is 0. The number of halogens is 2. The van der Waals surface area contributed by atoms with Crippen LogP contribution in [0.1, 0.15) is 31.1 Å². The number of aliphatic imine (C=N–C) groups is 1. The van der Waals surface area contributed by atoms with E-state index < -0.39 is 0 Å². The average Bonchev–Trinajstić information content (AvgIpc) is 2.67. The molecule has 0 aliphatic rings. The van der Waals surface area contributed by atoms with Gasteiger partial charge in [-0.15, -0.1) is 0 Å². The molecule has 0 atom stereocenters. The van der Waals surface area contributed by atoms with Crippen LogP contribution in [0.3, 0.4) is 0 Å². The molecule has 2 nitrogen and oxygen atoms in total. The van der Waals surface area contributed by atoms with E-state index in [-0.39, 0.29) is 0 Å². The second kappa shape index (κ2) is 6.02. The Morgan fingerprint density at radius 2 is 1.94 bits per heavy atom. The number of rotatable bonds is 3. The van der Waals surface area contributed by atoms with Gasteiger partial charge in [0.2, 0.25) is 0 Å². The zero-order chi connectivity index (χ0) is 13.1. The van der Waals surface area contributed by atoms with Crippen LogP contribution in [0.4, 0.5) is 5.69 Å². The lowest BCUT2D eigenvalue weighted by Gasteiger charge is -2.04. The van der Waals surface area contributed by atoms with Gasteiger partial charge in [0, 0.05) is 28.7 Å². The third kappa shape index (κ3) is 3.45. The SMILES string of the molecule is CC(C)c1ccc(N=Cc2cc(Br)c(I)o2)cc1. The highest BCUT2D eigenvalue weighted by molar-refractivity contribution is 14.1. The first-order valence-electron chi connectivity index (χ1n) is 5.65. The summed E-state index contributed by atoms with van der Waals surface area (Å²) in [5.41, 5.74) is 2.26. The van der Waals surface area contributed by atoms with Crippen LogP contribution in [0, 0.1) is 3.77 Å². The van der Waals surface area contributed by atoms with Crippen molar-refractivity contribution in [1.29, 1.82) is 0 Å². The van der Waals surface area contributed by atoms with Crippen molar-refractivity contribution in [3.8, 4) is 0 Å². The molecule has 1 aromatic heterocycles. The van der Waals surface area contributed by atoms with Crippen molar-refractivity contribution in [1.82, 2.24) is 0 Å². The molecule has 0 saturated carbocycles. The van der Waals surface area contributed by atoms with Gasteiger partial charge in [-0.05, 0) is 39.5 Å². The summed E-state index contributed by atoms with van der Waals surface area (Å²) in [6.07, 6.45) is 1.73. The molecule has 2 rings (SSSR count). The molecule has 94 valence electrons. The third-order valence-electron chi connectivity index (χ3n) is 2.56. The van der Waals surface area contributed by atoms with Crippen LogP contribution in [0.25, 0.3) is 0 Å². The summed E-state index contributed by atoms with van der Waals surface area (Å²) in [6, 6.07) is 10.2. The standard InChI is InChI=1S/C14H13BrINO/c1-9(2)10-3-5-11(6-4-10)17-8-12-7-13(15)14(16)18-12/h3-9H,1-2H3. The summed E-state index contributed by atoms with van der Waals surface area (Å²) in [4.78, 5) is 4.39.